The van der Waals surface area contributed by atoms with Gasteiger partial charge >= 0.3 is 0 Å². The molecule has 1 fully saturated rings. The van der Waals surface area contributed by atoms with Crippen molar-refractivity contribution in [2.75, 3.05) is 26.8 Å². The predicted molar refractivity (Wildman–Crippen MR) is 42.9 cm³/mol. The topological polar surface area (TPSA) is 18.8 Å². The molecule has 0 saturated carbocycles. The minimum atomic E-state index is 0.983. The van der Waals surface area contributed by atoms with Crippen LogP contribution < -0.4 is 0 Å². The molecule has 0 N–H and O–H groups in total. The predicted octanol–water partition coefficient (Wildman–Crippen LogP) is 0.363. The lowest BCUT2D eigenvalue weighted by Crippen LogP contribution is -2.21. The maximum atomic E-state index is 3.93. The maximum absolute atomic E-state index is 3.93. The molecule has 1 heterocycles. The van der Waals surface area contributed by atoms with Gasteiger partial charge in [-0.05, 0) is 7.05 Å². The van der Waals surface area contributed by atoms with Crippen molar-refractivity contribution in [2.45, 2.75) is 0 Å². The molecule has 0 atom stereocenters. The molecule has 0 unspecified atom stereocenters. The van der Waals surface area contributed by atoms with Crippen molar-refractivity contribution >= 4 is 6.34 Å². The summed E-state index contributed by atoms with van der Waals surface area (Å²) in [5.41, 5.74) is 0. The maximum Gasteiger partial charge on any atom is 0.0915 e. The smallest absolute Gasteiger partial charge is 0.0915 e. The summed E-state index contributed by atoms with van der Waals surface area (Å²) in [7, 11) is 2.10. The fraction of sp³-hybridized carbons (Fsp3) is 0.571. The zero-order chi connectivity index (χ0) is 7.40. The fourth-order valence-electron chi connectivity index (χ4n) is 0.986. The Labute approximate surface area is 61.6 Å². The van der Waals surface area contributed by atoms with Gasteiger partial charge in [0.1, 0.15) is 0 Å². The van der Waals surface area contributed by atoms with Crippen LogP contribution in [0.4, 0.5) is 0 Å². The fourth-order valence-corrected chi connectivity index (χ4v) is 0.986. The Hall–Kier alpha value is -0.830. The standard InChI is InChI=1S/C7H13N3/c1-3-8-6-10-5-4-9(2)7-10/h3,6H,1,4-5,7H2,2H3. The molecule has 0 aliphatic carbocycles. The first kappa shape index (κ1) is 7.28. The zero-order valence-corrected chi connectivity index (χ0v) is 6.32. The highest BCUT2D eigenvalue weighted by Crippen LogP contribution is 1.97. The van der Waals surface area contributed by atoms with Crippen molar-refractivity contribution in [2.24, 2.45) is 4.99 Å². The van der Waals surface area contributed by atoms with Crippen LogP contribution >= 0.6 is 0 Å². The quantitative estimate of drug-likeness (QED) is 0.406. The van der Waals surface area contributed by atoms with Crippen LogP contribution in [-0.4, -0.2) is 42.9 Å². The van der Waals surface area contributed by atoms with E-state index in [1.807, 2.05) is 6.34 Å². The molecule has 0 aromatic rings. The van der Waals surface area contributed by atoms with Crippen LogP contribution in [0.15, 0.2) is 17.8 Å². The van der Waals surface area contributed by atoms with Gasteiger partial charge in [-0.25, -0.2) is 4.99 Å². The molecule has 0 bridgehead atoms. The van der Waals surface area contributed by atoms with Gasteiger partial charge in [-0.1, -0.05) is 6.58 Å². The molecule has 3 nitrogen and oxygen atoms in total. The van der Waals surface area contributed by atoms with Crippen LogP contribution in [0.3, 0.4) is 0 Å². The van der Waals surface area contributed by atoms with Gasteiger partial charge in [0.2, 0.25) is 0 Å². The lowest BCUT2D eigenvalue weighted by Gasteiger charge is -2.09. The number of hydrogen-bond donors (Lipinski definition) is 0. The van der Waals surface area contributed by atoms with Gasteiger partial charge in [0, 0.05) is 19.3 Å². The number of aliphatic imine (C=N–C) groups is 1. The summed E-state index contributed by atoms with van der Waals surface area (Å²) >= 11 is 0. The van der Waals surface area contributed by atoms with Crippen molar-refractivity contribution in [1.82, 2.24) is 9.80 Å². The summed E-state index contributed by atoms with van der Waals surface area (Å²) in [4.78, 5) is 8.33. The van der Waals surface area contributed by atoms with Crippen LogP contribution in [0, 0.1) is 0 Å². The third kappa shape index (κ3) is 1.84. The van der Waals surface area contributed by atoms with Gasteiger partial charge < -0.3 is 4.90 Å². The van der Waals surface area contributed by atoms with E-state index in [9.17, 15) is 0 Å². The van der Waals surface area contributed by atoms with Gasteiger partial charge in [-0.15, -0.1) is 0 Å². The van der Waals surface area contributed by atoms with Crippen molar-refractivity contribution < 1.29 is 0 Å². The number of nitrogens with zero attached hydrogens (tertiary/aromatic N) is 3. The van der Waals surface area contributed by atoms with Crippen molar-refractivity contribution in [3.05, 3.63) is 12.8 Å². The number of likely N-dealkylation sites (N-methyl/N-ethyl adjacent to an activating group) is 1. The van der Waals surface area contributed by atoms with Crippen LogP contribution in [0.2, 0.25) is 0 Å². The molecular formula is C7H13N3. The molecule has 1 aliphatic heterocycles. The SMILES string of the molecule is C=CN=CN1CCN(C)C1. The Balaban J connectivity index is 2.30. The molecule has 1 rings (SSSR count). The van der Waals surface area contributed by atoms with Crippen LogP contribution in [-0.2, 0) is 0 Å². The number of hydrogen-bond acceptors (Lipinski definition) is 2. The van der Waals surface area contributed by atoms with Crippen molar-refractivity contribution in [3.63, 3.8) is 0 Å². The molecular weight excluding hydrogens is 126 g/mol. The third-order valence-corrected chi connectivity index (χ3v) is 1.53. The van der Waals surface area contributed by atoms with Gasteiger partial charge in [-0.2, -0.15) is 0 Å². The van der Waals surface area contributed by atoms with E-state index in [-0.39, 0.29) is 0 Å². The average molecular weight is 139 g/mol. The molecule has 10 heavy (non-hydrogen) atoms. The molecule has 56 valence electrons. The Morgan fingerprint density at radius 2 is 2.30 bits per heavy atom. The third-order valence-electron chi connectivity index (χ3n) is 1.53. The van der Waals surface area contributed by atoms with E-state index >= 15 is 0 Å². The molecule has 0 amide bonds. The van der Waals surface area contributed by atoms with E-state index in [1.54, 1.807) is 6.20 Å². The molecule has 0 aromatic heterocycles. The molecule has 1 aliphatic rings. The highest BCUT2D eigenvalue weighted by atomic mass is 15.4. The zero-order valence-electron chi connectivity index (χ0n) is 6.32. The second-order valence-corrected chi connectivity index (χ2v) is 2.48. The van der Waals surface area contributed by atoms with E-state index in [0.29, 0.717) is 0 Å². The Kier molecular flexibility index (Phi) is 2.45. The van der Waals surface area contributed by atoms with E-state index < -0.39 is 0 Å². The second-order valence-electron chi connectivity index (χ2n) is 2.48. The van der Waals surface area contributed by atoms with Crippen LogP contribution in [0.1, 0.15) is 0 Å². The molecule has 0 aromatic carbocycles. The summed E-state index contributed by atoms with van der Waals surface area (Å²) in [6, 6.07) is 0. The molecule has 3 heteroatoms. The van der Waals surface area contributed by atoms with Gasteiger partial charge in [0.15, 0.2) is 0 Å². The van der Waals surface area contributed by atoms with Gasteiger partial charge in [0.25, 0.3) is 0 Å². The van der Waals surface area contributed by atoms with E-state index in [2.05, 4.69) is 28.4 Å². The van der Waals surface area contributed by atoms with Gasteiger partial charge in [-0.3, -0.25) is 4.90 Å². The highest BCUT2D eigenvalue weighted by molar-refractivity contribution is 5.55. The number of rotatable bonds is 2. The Bertz CT molecular complexity index is 142. The Morgan fingerprint density at radius 1 is 1.50 bits per heavy atom. The highest BCUT2D eigenvalue weighted by Gasteiger charge is 2.11. The van der Waals surface area contributed by atoms with Crippen molar-refractivity contribution in [1.29, 1.82) is 0 Å². The monoisotopic (exact) mass is 139 g/mol. The average Bonchev–Trinajstić information content (AvgIpc) is 2.31. The lowest BCUT2D eigenvalue weighted by molar-refractivity contribution is 0.364. The second kappa shape index (κ2) is 3.37. The summed E-state index contributed by atoms with van der Waals surface area (Å²) in [6.07, 6.45) is 3.38. The Morgan fingerprint density at radius 3 is 2.80 bits per heavy atom. The first-order valence-corrected chi connectivity index (χ1v) is 3.39. The minimum Gasteiger partial charge on any atom is -0.348 e. The van der Waals surface area contributed by atoms with E-state index in [4.69, 9.17) is 0 Å². The molecule has 0 spiro atoms. The molecule has 0 radical (unpaired) electrons. The van der Waals surface area contributed by atoms with E-state index in [1.165, 1.54) is 0 Å². The minimum absolute atomic E-state index is 0.983. The largest absolute Gasteiger partial charge is 0.348 e. The summed E-state index contributed by atoms with van der Waals surface area (Å²) < 4.78 is 0. The van der Waals surface area contributed by atoms with Crippen LogP contribution in [0.5, 0.6) is 0 Å². The van der Waals surface area contributed by atoms with Crippen LogP contribution in [0.25, 0.3) is 0 Å². The summed E-state index contributed by atoms with van der Waals surface area (Å²) in [5.74, 6) is 0. The first-order valence-electron chi connectivity index (χ1n) is 3.39. The lowest BCUT2D eigenvalue weighted by atomic mass is 10.6. The summed E-state index contributed by atoms with van der Waals surface area (Å²) in [5, 5.41) is 0. The first-order chi connectivity index (χ1) is 4.83. The van der Waals surface area contributed by atoms with Gasteiger partial charge in [0.05, 0.1) is 13.0 Å². The molecule has 1 saturated heterocycles. The normalized spacial score (nSPS) is 20.7. The summed E-state index contributed by atoms with van der Waals surface area (Å²) in [6.45, 7) is 6.69. The van der Waals surface area contributed by atoms with E-state index in [0.717, 1.165) is 19.8 Å². The van der Waals surface area contributed by atoms with Crippen molar-refractivity contribution in [3.8, 4) is 0 Å².